The minimum Gasteiger partial charge on any atom is -0.423 e. The van der Waals surface area contributed by atoms with Gasteiger partial charge in [-0.3, -0.25) is 14.5 Å². The largest absolute Gasteiger partial charge is 0.423 e. The first-order valence-corrected chi connectivity index (χ1v) is 10.7. The molecule has 0 atom stereocenters. The summed E-state index contributed by atoms with van der Waals surface area (Å²) in [5, 5.41) is 0.132. The monoisotopic (exact) mass is 467 g/mol. The predicted octanol–water partition coefficient (Wildman–Crippen LogP) is 5.93. The van der Waals surface area contributed by atoms with Gasteiger partial charge in [-0.2, -0.15) is 0 Å². The Bertz CT molecular complexity index is 1210. The van der Waals surface area contributed by atoms with Crippen LogP contribution < -0.4 is 4.74 Å². The maximum Gasteiger partial charge on any atom is 0.343 e. The molecule has 160 valence electrons. The fourth-order valence-corrected chi connectivity index (χ4v) is 3.91. The van der Waals surface area contributed by atoms with Crippen molar-refractivity contribution in [2.24, 2.45) is 0 Å². The number of hydrogen-bond donors (Lipinski definition) is 0. The molecule has 1 fully saturated rings. The molecule has 0 spiro atoms. The zero-order valence-electron chi connectivity index (χ0n) is 16.5. The highest BCUT2D eigenvalue weighted by Crippen LogP contribution is 2.33. The highest BCUT2D eigenvalue weighted by molar-refractivity contribution is 8.18. The van der Waals surface area contributed by atoms with Gasteiger partial charge < -0.3 is 4.74 Å². The lowest BCUT2D eigenvalue weighted by Crippen LogP contribution is -2.27. The number of thioether (sulfide) groups is 1. The Labute approximate surface area is 192 Å². The van der Waals surface area contributed by atoms with Gasteiger partial charge in [-0.15, -0.1) is 0 Å². The third kappa shape index (κ3) is 5.07. The summed E-state index contributed by atoms with van der Waals surface area (Å²) in [6, 6.07) is 18.5. The minimum atomic E-state index is -0.517. The van der Waals surface area contributed by atoms with Gasteiger partial charge in [0.2, 0.25) is 0 Å². The zero-order valence-corrected chi connectivity index (χ0v) is 18.0. The number of amides is 2. The Hall–Kier alpha value is -3.42. The summed E-state index contributed by atoms with van der Waals surface area (Å²) in [4.78, 5) is 38.5. The lowest BCUT2D eigenvalue weighted by Gasteiger charge is -2.12. The Morgan fingerprint density at radius 3 is 2.28 bits per heavy atom. The SMILES string of the molecule is O=C(Oc1ccc(/C=C2\SC(=O)N(Cc3ccc(F)cc3)C2=O)cc1)c1ccc(Cl)cc1. The van der Waals surface area contributed by atoms with E-state index in [1.165, 1.54) is 24.3 Å². The highest BCUT2D eigenvalue weighted by Gasteiger charge is 2.34. The predicted molar refractivity (Wildman–Crippen MR) is 121 cm³/mol. The summed E-state index contributed by atoms with van der Waals surface area (Å²) in [5.74, 6) is -0.976. The molecule has 0 unspecified atom stereocenters. The number of esters is 1. The van der Waals surface area contributed by atoms with Crippen LogP contribution in [0.2, 0.25) is 5.02 Å². The Balaban J connectivity index is 1.42. The van der Waals surface area contributed by atoms with Crippen LogP contribution in [0.3, 0.4) is 0 Å². The number of nitrogens with zero attached hydrogens (tertiary/aromatic N) is 1. The van der Waals surface area contributed by atoms with Crippen LogP contribution in [0.15, 0.2) is 77.7 Å². The number of carbonyl (C=O) groups is 3. The van der Waals surface area contributed by atoms with Gasteiger partial charge in [0.1, 0.15) is 11.6 Å². The zero-order chi connectivity index (χ0) is 22.7. The molecule has 4 rings (SSSR count). The maximum absolute atomic E-state index is 13.1. The molecule has 32 heavy (non-hydrogen) atoms. The molecule has 0 bridgehead atoms. The fourth-order valence-electron chi connectivity index (χ4n) is 2.94. The molecule has 8 heteroatoms. The summed E-state index contributed by atoms with van der Waals surface area (Å²) in [5.41, 5.74) is 1.69. The van der Waals surface area contributed by atoms with Crippen molar-refractivity contribution in [2.75, 3.05) is 0 Å². The van der Waals surface area contributed by atoms with Gasteiger partial charge in [-0.25, -0.2) is 9.18 Å². The Kier molecular flexibility index (Phi) is 6.39. The van der Waals surface area contributed by atoms with Crippen LogP contribution in [-0.2, 0) is 11.3 Å². The van der Waals surface area contributed by atoms with Crippen molar-refractivity contribution in [2.45, 2.75) is 6.54 Å². The summed E-state index contributed by atoms with van der Waals surface area (Å²) >= 11 is 6.66. The van der Waals surface area contributed by atoms with Crippen LogP contribution >= 0.6 is 23.4 Å². The molecule has 1 heterocycles. The smallest absolute Gasteiger partial charge is 0.343 e. The molecule has 0 N–H and O–H groups in total. The van der Waals surface area contributed by atoms with Gasteiger partial charge in [0.25, 0.3) is 11.1 Å². The maximum atomic E-state index is 13.1. The Morgan fingerprint density at radius 2 is 1.62 bits per heavy atom. The van der Waals surface area contributed by atoms with Crippen molar-refractivity contribution in [1.82, 2.24) is 4.90 Å². The molecule has 5 nitrogen and oxygen atoms in total. The van der Waals surface area contributed by atoms with E-state index in [2.05, 4.69) is 0 Å². The van der Waals surface area contributed by atoms with E-state index in [-0.39, 0.29) is 22.5 Å². The van der Waals surface area contributed by atoms with Gasteiger partial charge in [0, 0.05) is 5.02 Å². The van der Waals surface area contributed by atoms with Gasteiger partial charge in [-0.1, -0.05) is 35.9 Å². The lowest BCUT2D eigenvalue weighted by molar-refractivity contribution is -0.123. The molecule has 3 aromatic carbocycles. The van der Waals surface area contributed by atoms with E-state index in [0.29, 0.717) is 27.5 Å². The fraction of sp³-hybridized carbons (Fsp3) is 0.0417. The number of imide groups is 1. The lowest BCUT2D eigenvalue weighted by atomic mass is 10.2. The van der Waals surface area contributed by atoms with Crippen molar-refractivity contribution in [1.29, 1.82) is 0 Å². The second kappa shape index (κ2) is 9.38. The third-order valence-electron chi connectivity index (χ3n) is 4.60. The number of benzene rings is 3. The molecular weight excluding hydrogens is 453 g/mol. The quantitative estimate of drug-likeness (QED) is 0.264. The standard InChI is InChI=1S/C24H15ClFNO4S/c25-18-7-5-17(6-8-18)23(29)31-20-11-3-15(4-12-20)13-21-22(28)27(24(30)32-21)14-16-1-9-19(26)10-2-16/h1-13H,14H2/b21-13-. The first kappa shape index (κ1) is 21.8. The van der Waals surface area contributed by atoms with E-state index in [4.69, 9.17) is 16.3 Å². The average Bonchev–Trinajstić information content (AvgIpc) is 3.04. The first-order valence-electron chi connectivity index (χ1n) is 9.47. The third-order valence-corrected chi connectivity index (χ3v) is 5.76. The van der Waals surface area contributed by atoms with Crippen LogP contribution in [0.25, 0.3) is 6.08 Å². The number of carbonyl (C=O) groups excluding carboxylic acids is 3. The van der Waals surface area contributed by atoms with E-state index in [0.717, 1.165) is 16.7 Å². The molecule has 0 radical (unpaired) electrons. The summed E-state index contributed by atoms with van der Waals surface area (Å²) in [6.45, 7) is 0.0713. The highest BCUT2D eigenvalue weighted by atomic mass is 35.5. The van der Waals surface area contributed by atoms with E-state index in [1.54, 1.807) is 54.6 Å². The molecule has 1 saturated heterocycles. The van der Waals surface area contributed by atoms with Crippen molar-refractivity contribution in [3.05, 3.63) is 105 Å². The molecule has 1 aliphatic heterocycles. The minimum absolute atomic E-state index is 0.0713. The molecule has 3 aromatic rings. The van der Waals surface area contributed by atoms with E-state index in [1.807, 2.05) is 0 Å². The molecule has 0 saturated carbocycles. The molecule has 0 aliphatic carbocycles. The van der Waals surface area contributed by atoms with E-state index < -0.39 is 11.9 Å². The number of ether oxygens (including phenoxy) is 1. The second-order valence-electron chi connectivity index (χ2n) is 6.86. The van der Waals surface area contributed by atoms with Crippen LogP contribution in [0.4, 0.5) is 9.18 Å². The summed E-state index contributed by atoms with van der Waals surface area (Å²) < 4.78 is 18.4. The van der Waals surface area contributed by atoms with E-state index >= 15 is 0 Å². The molecular formula is C24H15ClFNO4S. The molecule has 2 amide bonds. The number of rotatable bonds is 5. The van der Waals surface area contributed by atoms with Gasteiger partial charge in [-0.05, 0) is 77.5 Å². The Morgan fingerprint density at radius 1 is 0.969 bits per heavy atom. The van der Waals surface area contributed by atoms with Crippen molar-refractivity contribution >= 4 is 46.6 Å². The van der Waals surface area contributed by atoms with Crippen molar-refractivity contribution in [3.8, 4) is 5.75 Å². The number of hydrogen-bond acceptors (Lipinski definition) is 5. The summed E-state index contributed by atoms with van der Waals surface area (Å²) in [6.07, 6.45) is 1.60. The second-order valence-corrected chi connectivity index (χ2v) is 8.29. The normalized spacial score (nSPS) is 14.8. The van der Waals surface area contributed by atoms with Crippen molar-refractivity contribution in [3.63, 3.8) is 0 Å². The molecule has 0 aromatic heterocycles. The van der Waals surface area contributed by atoms with Crippen LogP contribution in [-0.4, -0.2) is 22.0 Å². The first-order chi connectivity index (χ1) is 15.4. The van der Waals surface area contributed by atoms with Crippen LogP contribution in [0.1, 0.15) is 21.5 Å². The average molecular weight is 468 g/mol. The van der Waals surface area contributed by atoms with Crippen molar-refractivity contribution < 1.29 is 23.5 Å². The van der Waals surface area contributed by atoms with Gasteiger partial charge in [0.05, 0.1) is 17.0 Å². The van der Waals surface area contributed by atoms with Gasteiger partial charge >= 0.3 is 5.97 Å². The number of halogens is 2. The molecule has 1 aliphatic rings. The topological polar surface area (TPSA) is 63.7 Å². The summed E-state index contributed by atoms with van der Waals surface area (Å²) in [7, 11) is 0. The van der Waals surface area contributed by atoms with Crippen LogP contribution in [0.5, 0.6) is 5.75 Å². The van der Waals surface area contributed by atoms with E-state index in [9.17, 15) is 18.8 Å². The van der Waals surface area contributed by atoms with Gasteiger partial charge in [0.15, 0.2) is 0 Å². The van der Waals surface area contributed by atoms with Crippen LogP contribution in [0, 0.1) is 5.82 Å².